The lowest BCUT2D eigenvalue weighted by Crippen LogP contribution is -2.56. The average Bonchev–Trinajstić information content (AvgIpc) is 2.81. The second-order valence-electron chi connectivity index (χ2n) is 9.30. The molecule has 36 heavy (non-hydrogen) atoms. The quantitative estimate of drug-likeness (QED) is 0.279. The molecule has 11 nitrogen and oxygen atoms in total. The van der Waals surface area contributed by atoms with Crippen LogP contribution in [-0.2, 0) is 31.0 Å². The largest absolute Gasteiger partial charge is 0.494 e. The molecule has 3 atom stereocenters. The Balaban J connectivity index is 2.25. The molecule has 0 aromatic heterocycles. The fraction of sp³-hybridized carbons (Fsp3) is 0.667. The predicted octanol–water partition coefficient (Wildman–Crippen LogP) is 0.934. The van der Waals surface area contributed by atoms with Gasteiger partial charge in [-0.3, -0.25) is 9.59 Å². The highest BCUT2D eigenvalue weighted by atomic mass is 32.2. The van der Waals surface area contributed by atoms with Crippen LogP contribution in [0.4, 0.5) is 0 Å². The standard InChI is InChI=1S/C24H40N4O7S/c1-17(2)22-16-34-13-5-6-14-35-19-10-8-18(9-11-19)15-21(23(29)26-22)28-36(32,33)27-20(24(30)31)7-3-4-12-25/h8-11,17,20-22,27-28H,3-7,12-16,25H2,1-2H3,(H,26,29)(H,30,31)/t20-,21+,22+/m0/s1. The van der Waals surface area contributed by atoms with E-state index < -0.39 is 34.2 Å². The minimum absolute atomic E-state index is 0.0461. The van der Waals surface area contributed by atoms with Gasteiger partial charge in [0.05, 0.1) is 19.3 Å². The molecule has 1 aromatic carbocycles. The van der Waals surface area contributed by atoms with Gasteiger partial charge in [-0.15, -0.1) is 0 Å². The molecule has 0 aliphatic carbocycles. The number of ether oxygens (including phenoxy) is 2. The number of benzene rings is 1. The number of carboxylic acid groups (broad SMARTS) is 1. The number of unbranched alkanes of at least 4 members (excludes halogenated alkanes) is 1. The number of carbonyl (C=O) groups excluding carboxylic acids is 1. The topological polar surface area (TPSA) is 169 Å². The van der Waals surface area contributed by atoms with E-state index in [1.165, 1.54) is 0 Å². The lowest BCUT2D eigenvalue weighted by atomic mass is 10.0. The summed E-state index contributed by atoms with van der Waals surface area (Å²) in [5.41, 5.74) is 6.17. The van der Waals surface area contributed by atoms with E-state index in [1.807, 2.05) is 13.8 Å². The van der Waals surface area contributed by atoms with Crippen LogP contribution in [0.2, 0.25) is 0 Å². The fourth-order valence-corrected chi connectivity index (χ4v) is 4.90. The van der Waals surface area contributed by atoms with Gasteiger partial charge in [-0.1, -0.05) is 32.4 Å². The summed E-state index contributed by atoms with van der Waals surface area (Å²) < 4.78 is 41.8. The molecular weight excluding hydrogens is 488 g/mol. The van der Waals surface area contributed by atoms with Crippen molar-refractivity contribution in [3.8, 4) is 5.75 Å². The van der Waals surface area contributed by atoms with Crippen molar-refractivity contribution in [1.29, 1.82) is 0 Å². The van der Waals surface area contributed by atoms with Gasteiger partial charge in [0, 0.05) is 6.61 Å². The van der Waals surface area contributed by atoms with E-state index in [9.17, 15) is 23.1 Å². The molecule has 0 radical (unpaired) electrons. The number of hydrogen-bond acceptors (Lipinski definition) is 7. The highest BCUT2D eigenvalue weighted by molar-refractivity contribution is 7.87. The second-order valence-corrected chi connectivity index (χ2v) is 10.8. The molecule has 2 aliphatic heterocycles. The molecule has 2 aliphatic rings. The summed E-state index contributed by atoms with van der Waals surface area (Å²) in [6, 6.07) is 4.26. The van der Waals surface area contributed by atoms with E-state index in [-0.39, 0.29) is 31.4 Å². The smallest absolute Gasteiger partial charge is 0.321 e. The van der Waals surface area contributed by atoms with Crippen molar-refractivity contribution < 1.29 is 32.6 Å². The van der Waals surface area contributed by atoms with Crippen molar-refractivity contribution in [3.05, 3.63) is 29.8 Å². The minimum Gasteiger partial charge on any atom is -0.494 e. The summed E-state index contributed by atoms with van der Waals surface area (Å²) in [4.78, 5) is 24.9. The number of amides is 1. The number of hydrogen-bond donors (Lipinski definition) is 5. The lowest BCUT2D eigenvalue weighted by molar-refractivity contribution is -0.139. The molecule has 204 valence electrons. The number of aliphatic carboxylic acids is 1. The Bertz CT molecular complexity index is 925. The van der Waals surface area contributed by atoms with Gasteiger partial charge in [-0.05, 0) is 62.3 Å². The molecule has 0 unspecified atom stereocenters. The summed E-state index contributed by atoms with van der Waals surface area (Å²) >= 11 is 0. The zero-order chi connectivity index (χ0) is 26.6. The molecular formula is C24H40N4O7S. The fourth-order valence-electron chi connectivity index (χ4n) is 3.67. The monoisotopic (exact) mass is 528 g/mol. The van der Waals surface area contributed by atoms with Gasteiger partial charge in [0.15, 0.2) is 0 Å². The lowest BCUT2D eigenvalue weighted by Gasteiger charge is -2.26. The second kappa shape index (κ2) is 15.1. The molecule has 3 rings (SSSR count). The Morgan fingerprint density at radius 3 is 2.53 bits per heavy atom. The normalized spacial score (nSPS) is 21.1. The Morgan fingerprint density at radius 2 is 1.89 bits per heavy atom. The summed E-state index contributed by atoms with van der Waals surface area (Å²) in [6.45, 7) is 5.62. The van der Waals surface area contributed by atoms with Crippen molar-refractivity contribution in [2.75, 3.05) is 26.4 Å². The Kier molecular flexibility index (Phi) is 12.6. The molecule has 1 amide bonds. The van der Waals surface area contributed by atoms with Crippen molar-refractivity contribution in [2.45, 2.75) is 70.5 Å². The number of nitrogens with one attached hydrogen (secondary N) is 3. The molecule has 1 aromatic rings. The van der Waals surface area contributed by atoms with E-state index in [0.29, 0.717) is 43.9 Å². The summed E-state index contributed by atoms with van der Waals surface area (Å²) in [6.07, 6.45) is 2.80. The maximum absolute atomic E-state index is 13.3. The third-order valence-corrected chi connectivity index (χ3v) is 7.09. The van der Waals surface area contributed by atoms with Crippen molar-refractivity contribution in [1.82, 2.24) is 14.8 Å². The van der Waals surface area contributed by atoms with Crippen molar-refractivity contribution >= 4 is 22.1 Å². The van der Waals surface area contributed by atoms with E-state index in [0.717, 1.165) is 12.8 Å². The number of rotatable bonds is 10. The van der Waals surface area contributed by atoms with Crippen LogP contribution in [0, 0.1) is 5.92 Å². The molecule has 0 spiro atoms. The van der Waals surface area contributed by atoms with Gasteiger partial charge in [0.25, 0.3) is 10.2 Å². The predicted molar refractivity (Wildman–Crippen MR) is 136 cm³/mol. The maximum atomic E-state index is 13.3. The summed E-state index contributed by atoms with van der Waals surface area (Å²) in [7, 11) is -4.34. The van der Waals surface area contributed by atoms with Gasteiger partial charge >= 0.3 is 5.97 Å². The zero-order valence-electron chi connectivity index (χ0n) is 21.1. The first-order chi connectivity index (χ1) is 17.1. The third kappa shape index (κ3) is 10.8. The third-order valence-electron chi connectivity index (χ3n) is 5.90. The van der Waals surface area contributed by atoms with Crippen LogP contribution in [0.15, 0.2) is 24.3 Å². The van der Waals surface area contributed by atoms with E-state index in [2.05, 4.69) is 14.8 Å². The van der Waals surface area contributed by atoms with Gasteiger partial charge < -0.3 is 25.6 Å². The van der Waals surface area contributed by atoms with Crippen molar-refractivity contribution in [3.63, 3.8) is 0 Å². The molecule has 12 heteroatoms. The number of nitrogens with two attached hydrogens (primary N) is 1. The first kappa shape index (κ1) is 30.0. The SMILES string of the molecule is CC(C)[C@H]1COCCCCOc2ccc(cc2)C[C@@H](NS(=O)(=O)N[C@@H](CCCCN)C(=O)O)C(=O)N1. The van der Waals surface area contributed by atoms with E-state index in [1.54, 1.807) is 24.3 Å². The van der Waals surface area contributed by atoms with Crippen LogP contribution in [0.3, 0.4) is 0 Å². The highest BCUT2D eigenvalue weighted by Gasteiger charge is 2.30. The van der Waals surface area contributed by atoms with Crippen LogP contribution < -0.4 is 25.2 Å². The van der Waals surface area contributed by atoms with E-state index in [4.69, 9.17) is 15.2 Å². The Hall–Kier alpha value is -2.25. The Labute approximate surface area is 213 Å². The summed E-state index contributed by atoms with van der Waals surface area (Å²) in [5, 5.41) is 12.4. The van der Waals surface area contributed by atoms with Gasteiger partial charge in [0.2, 0.25) is 5.91 Å². The number of carbonyl (C=O) groups is 2. The van der Waals surface area contributed by atoms with Crippen LogP contribution in [0.25, 0.3) is 0 Å². The average molecular weight is 529 g/mol. The maximum Gasteiger partial charge on any atom is 0.321 e. The molecule has 2 heterocycles. The van der Waals surface area contributed by atoms with Gasteiger partial charge in [-0.25, -0.2) is 0 Å². The minimum atomic E-state index is -4.34. The molecule has 0 saturated heterocycles. The molecule has 6 N–H and O–H groups in total. The first-order valence-electron chi connectivity index (χ1n) is 12.4. The van der Waals surface area contributed by atoms with Gasteiger partial charge in [-0.2, -0.15) is 17.9 Å². The molecule has 2 bridgehead atoms. The first-order valence-corrected chi connectivity index (χ1v) is 13.9. The van der Waals surface area contributed by atoms with Crippen LogP contribution >= 0.6 is 0 Å². The summed E-state index contributed by atoms with van der Waals surface area (Å²) in [5.74, 6) is -1.10. The van der Waals surface area contributed by atoms with E-state index >= 15 is 0 Å². The number of carboxylic acids is 1. The zero-order valence-corrected chi connectivity index (χ0v) is 21.9. The molecule has 0 fully saturated rings. The highest BCUT2D eigenvalue weighted by Crippen LogP contribution is 2.15. The van der Waals surface area contributed by atoms with Crippen LogP contribution in [0.5, 0.6) is 5.75 Å². The van der Waals surface area contributed by atoms with Gasteiger partial charge in [0.1, 0.15) is 17.8 Å². The Morgan fingerprint density at radius 1 is 1.19 bits per heavy atom. The van der Waals surface area contributed by atoms with Crippen LogP contribution in [0.1, 0.15) is 51.5 Å². The molecule has 0 saturated carbocycles. The number of fused-ring (bicyclic) bond motifs is 13. The van der Waals surface area contributed by atoms with Crippen LogP contribution in [-0.4, -0.2) is 69.9 Å². The van der Waals surface area contributed by atoms with Crippen molar-refractivity contribution in [2.24, 2.45) is 11.7 Å².